The third kappa shape index (κ3) is 2.60. The van der Waals surface area contributed by atoms with Gasteiger partial charge in [-0.1, -0.05) is 0 Å². The predicted molar refractivity (Wildman–Crippen MR) is 71.8 cm³/mol. The average Bonchev–Trinajstić information content (AvgIpc) is 2.68. The molecule has 1 saturated heterocycles. The van der Waals surface area contributed by atoms with Crippen LogP contribution in [0.3, 0.4) is 0 Å². The van der Waals surface area contributed by atoms with E-state index in [4.69, 9.17) is 4.74 Å². The molecule has 110 valence electrons. The molecule has 1 amide bonds. The Bertz CT molecular complexity index is 513. The van der Waals surface area contributed by atoms with Crippen LogP contribution in [0, 0.1) is 11.6 Å². The molecular formula is C14H18F2N2O2. The number of halogens is 2. The molecule has 0 radical (unpaired) electrons. The van der Waals surface area contributed by atoms with Crippen molar-refractivity contribution in [1.29, 1.82) is 0 Å². The lowest BCUT2D eigenvalue weighted by atomic mass is 9.94. The van der Waals surface area contributed by atoms with E-state index in [-0.39, 0.29) is 17.4 Å². The van der Waals surface area contributed by atoms with Gasteiger partial charge in [-0.3, -0.25) is 4.79 Å². The summed E-state index contributed by atoms with van der Waals surface area (Å²) in [6.07, 6.45) is 0.525. The standard InChI is InChI=1S/C14H18F2N2O2/c1-8-14(2,4-5-20-8)18-13(19)9-6-10(15)12(17-3)11(16)7-9/h6-8,17H,4-5H2,1-3H3,(H,18,19). The fourth-order valence-electron chi connectivity index (χ4n) is 2.27. The maximum atomic E-state index is 13.7. The van der Waals surface area contributed by atoms with Gasteiger partial charge in [-0.25, -0.2) is 8.78 Å². The van der Waals surface area contributed by atoms with E-state index in [1.807, 2.05) is 13.8 Å². The minimum Gasteiger partial charge on any atom is -0.383 e. The van der Waals surface area contributed by atoms with Gasteiger partial charge in [-0.15, -0.1) is 0 Å². The quantitative estimate of drug-likeness (QED) is 0.895. The van der Waals surface area contributed by atoms with Crippen LogP contribution in [-0.2, 0) is 4.74 Å². The highest BCUT2D eigenvalue weighted by atomic mass is 19.1. The van der Waals surface area contributed by atoms with Crippen molar-refractivity contribution in [1.82, 2.24) is 5.32 Å². The third-order valence-electron chi connectivity index (χ3n) is 3.84. The van der Waals surface area contributed by atoms with Gasteiger partial charge in [-0.05, 0) is 32.4 Å². The van der Waals surface area contributed by atoms with Crippen molar-refractivity contribution >= 4 is 11.6 Å². The Morgan fingerprint density at radius 2 is 2.00 bits per heavy atom. The first-order valence-corrected chi connectivity index (χ1v) is 6.48. The van der Waals surface area contributed by atoms with Crippen LogP contribution in [0.2, 0.25) is 0 Å². The van der Waals surface area contributed by atoms with E-state index in [1.165, 1.54) is 7.05 Å². The highest BCUT2D eigenvalue weighted by molar-refractivity contribution is 5.95. The van der Waals surface area contributed by atoms with E-state index in [2.05, 4.69) is 10.6 Å². The predicted octanol–water partition coefficient (Wildman–Crippen LogP) is 2.30. The zero-order valence-electron chi connectivity index (χ0n) is 11.7. The summed E-state index contributed by atoms with van der Waals surface area (Å²) in [5.41, 5.74) is -0.809. The number of rotatable bonds is 3. The summed E-state index contributed by atoms with van der Waals surface area (Å²) in [6.45, 7) is 4.27. The average molecular weight is 284 g/mol. The Morgan fingerprint density at radius 3 is 2.45 bits per heavy atom. The SMILES string of the molecule is CNc1c(F)cc(C(=O)NC2(C)CCOC2C)cc1F. The first-order valence-electron chi connectivity index (χ1n) is 6.48. The molecular weight excluding hydrogens is 266 g/mol. The lowest BCUT2D eigenvalue weighted by molar-refractivity contribution is 0.0727. The molecule has 0 spiro atoms. The van der Waals surface area contributed by atoms with Crippen LogP contribution in [0.15, 0.2) is 12.1 Å². The minimum atomic E-state index is -0.793. The third-order valence-corrected chi connectivity index (χ3v) is 3.84. The summed E-state index contributed by atoms with van der Waals surface area (Å²) >= 11 is 0. The number of benzene rings is 1. The molecule has 1 aliphatic heterocycles. The second kappa shape index (κ2) is 5.36. The molecule has 0 bridgehead atoms. The number of anilines is 1. The van der Waals surface area contributed by atoms with Crippen molar-refractivity contribution in [2.45, 2.75) is 31.9 Å². The van der Waals surface area contributed by atoms with Crippen molar-refractivity contribution in [2.75, 3.05) is 19.0 Å². The molecule has 2 rings (SSSR count). The van der Waals surface area contributed by atoms with Crippen LogP contribution in [0.4, 0.5) is 14.5 Å². The van der Waals surface area contributed by atoms with Crippen LogP contribution < -0.4 is 10.6 Å². The summed E-state index contributed by atoms with van der Waals surface area (Å²) in [5, 5.41) is 5.21. The number of carbonyl (C=O) groups excluding carboxylic acids is 1. The van der Waals surface area contributed by atoms with Crippen molar-refractivity contribution in [2.24, 2.45) is 0 Å². The first kappa shape index (κ1) is 14.7. The minimum absolute atomic E-state index is 0.0423. The van der Waals surface area contributed by atoms with Gasteiger partial charge in [0.1, 0.15) is 17.3 Å². The zero-order valence-corrected chi connectivity index (χ0v) is 11.7. The molecule has 2 atom stereocenters. The van der Waals surface area contributed by atoms with E-state index in [0.717, 1.165) is 12.1 Å². The topological polar surface area (TPSA) is 50.4 Å². The summed E-state index contributed by atoms with van der Waals surface area (Å²) in [7, 11) is 1.42. The molecule has 0 aromatic heterocycles. The number of ether oxygens (including phenoxy) is 1. The van der Waals surface area contributed by atoms with Gasteiger partial charge in [0.25, 0.3) is 5.91 Å². The molecule has 6 heteroatoms. The van der Waals surface area contributed by atoms with Crippen LogP contribution in [0.5, 0.6) is 0 Å². The molecule has 1 aliphatic rings. The van der Waals surface area contributed by atoms with Gasteiger partial charge in [0.05, 0.1) is 11.6 Å². The fourth-order valence-corrected chi connectivity index (χ4v) is 2.27. The monoisotopic (exact) mass is 284 g/mol. The summed E-state index contributed by atoms with van der Waals surface area (Å²) in [6, 6.07) is 2.04. The molecule has 2 N–H and O–H groups in total. The Kier molecular flexibility index (Phi) is 3.94. The number of hydrogen-bond donors (Lipinski definition) is 2. The maximum Gasteiger partial charge on any atom is 0.252 e. The maximum absolute atomic E-state index is 13.7. The normalized spacial score (nSPS) is 25.6. The van der Waals surface area contributed by atoms with Gasteiger partial charge in [0.15, 0.2) is 0 Å². The second-order valence-corrected chi connectivity index (χ2v) is 5.20. The molecule has 4 nitrogen and oxygen atoms in total. The smallest absolute Gasteiger partial charge is 0.252 e. The van der Waals surface area contributed by atoms with Crippen molar-refractivity contribution in [3.05, 3.63) is 29.3 Å². The molecule has 1 heterocycles. The van der Waals surface area contributed by atoms with E-state index in [9.17, 15) is 13.6 Å². The molecule has 2 unspecified atom stereocenters. The summed E-state index contributed by atoms with van der Waals surface area (Å²) in [5.74, 6) is -2.10. The van der Waals surface area contributed by atoms with Crippen molar-refractivity contribution in [3.63, 3.8) is 0 Å². The number of hydrogen-bond acceptors (Lipinski definition) is 3. The molecule has 0 saturated carbocycles. The van der Waals surface area contributed by atoms with Crippen LogP contribution in [-0.4, -0.2) is 31.2 Å². The second-order valence-electron chi connectivity index (χ2n) is 5.20. The van der Waals surface area contributed by atoms with E-state index < -0.39 is 23.1 Å². The largest absolute Gasteiger partial charge is 0.383 e. The van der Waals surface area contributed by atoms with Gasteiger partial charge < -0.3 is 15.4 Å². The molecule has 1 fully saturated rings. The molecule has 20 heavy (non-hydrogen) atoms. The Balaban J connectivity index is 2.22. The van der Waals surface area contributed by atoms with Crippen LogP contribution in [0.25, 0.3) is 0 Å². The number of amides is 1. The Hall–Kier alpha value is -1.69. The van der Waals surface area contributed by atoms with E-state index in [1.54, 1.807) is 0 Å². The summed E-state index contributed by atoms with van der Waals surface area (Å²) in [4.78, 5) is 12.1. The van der Waals surface area contributed by atoms with Gasteiger partial charge in [0, 0.05) is 19.2 Å². The Morgan fingerprint density at radius 1 is 1.40 bits per heavy atom. The first-order chi connectivity index (χ1) is 9.37. The fraction of sp³-hybridized carbons (Fsp3) is 0.500. The Labute approximate surface area is 116 Å². The molecule has 0 aliphatic carbocycles. The molecule has 1 aromatic rings. The van der Waals surface area contributed by atoms with Gasteiger partial charge in [0.2, 0.25) is 0 Å². The van der Waals surface area contributed by atoms with Crippen LogP contribution in [0.1, 0.15) is 30.6 Å². The van der Waals surface area contributed by atoms with E-state index in [0.29, 0.717) is 13.0 Å². The molecule has 1 aromatic carbocycles. The van der Waals surface area contributed by atoms with E-state index >= 15 is 0 Å². The van der Waals surface area contributed by atoms with Crippen LogP contribution >= 0.6 is 0 Å². The number of nitrogens with one attached hydrogen (secondary N) is 2. The lowest BCUT2D eigenvalue weighted by Crippen LogP contribution is -2.50. The van der Waals surface area contributed by atoms with Gasteiger partial charge >= 0.3 is 0 Å². The number of carbonyl (C=O) groups is 1. The highest BCUT2D eigenvalue weighted by Crippen LogP contribution is 2.26. The van der Waals surface area contributed by atoms with Crippen molar-refractivity contribution in [3.8, 4) is 0 Å². The lowest BCUT2D eigenvalue weighted by Gasteiger charge is -2.29. The van der Waals surface area contributed by atoms with Crippen molar-refractivity contribution < 1.29 is 18.3 Å². The highest BCUT2D eigenvalue weighted by Gasteiger charge is 2.38. The van der Waals surface area contributed by atoms with Gasteiger partial charge in [-0.2, -0.15) is 0 Å². The zero-order chi connectivity index (χ0) is 14.9. The summed E-state index contributed by atoms with van der Waals surface area (Å²) < 4.78 is 32.7.